The third kappa shape index (κ3) is 3.65. The van der Waals surface area contributed by atoms with Gasteiger partial charge in [-0.25, -0.2) is 0 Å². The quantitative estimate of drug-likeness (QED) is 0.201. The van der Waals surface area contributed by atoms with Crippen molar-refractivity contribution in [2.24, 2.45) is 0 Å². The molecule has 10 rings (SSSR count). The van der Waals surface area contributed by atoms with Crippen molar-refractivity contribution in [2.75, 3.05) is 0 Å². The zero-order valence-corrected chi connectivity index (χ0v) is 24.9. The van der Waals surface area contributed by atoms with Gasteiger partial charge in [0.05, 0.1) is 11.0 Å². The van der Waals surface area contributed by atoms with Crippen LogP contribution in [0.5, 0.6) is 11.5 Å². The van der Waals surface area contributed by atoms with Crippen LogP contribution in [0.25, 0.3) is 82.4 Å². The second kappa shape index (κ2) is 9.69. The van der Waals surface area contributed by atoms with Crippen LogP contribution < -0.4 is 4.74 Å². The fourth-order valence-electron chi connectivity index (χ4n) is 7.51. The van der Waals surface area contributed by atoms with Gasteiger partial charge in [0.2, 0.25) is 0 Å². The lowest BCUT2D eigenvalue weighted by Crippen LogP contribution is -1.98. The zero-order valence-electron chi connectivity index (χ0n) is 24.9. The minimum absolute atomic E-state index is 0.909. The maximum Gasteiger partial charge on any atom is 0.135 e. The minimum atomic E-state index is 0.909. The molecule has 0 aliphatic carbocycles. The van der Waals surface area contributed by atoms with Gasteiger partial charge >= 0.3 is 0 Å². The summed E-state index contributed by atoms with van der Waals surface area (Å²) in [4.78, 5) is 0. The molecule has 0 amide bonds. The highest BCUT2D eigenvalue weighted by Crippen LogP contribution is 2.49. The number of benzene rings is 8. The van der Waals surface area contributed by atoms with Gasteiger partial charge in [-0.1, -0.05) is 115 Å². The van der Waals surface area contributed by atoms with Crippen LogP contribution in [0.15, 0.2) is 164 Å². The summed E-state index contributed by atoms with van der Waals surface area (Å²) in [6, 6.07) is 59.1. The Morgan fingerprint density at radius 3 is 1.93 bits per heavy atom. The van der Waals surface area contributed by atoms with Crippen molar-refractivity contribution in [2.45, 2.75) is 0 Å². The molecule has 2 heteroatoms. The van der Waals surface area contributed by atoms with Crippen LogP contribution in [0.2, 0.25) is 0 Å². The van der Waals surface area contributed by atoms with E-state index in [1.165, 1.54) is 76.9 Å². The number of para-hydroxylation sites is 2. The fraction of sp³-hybridized carbons (Fsp3) is 0. The highest BCUT2D eigenvalue weighted by atomic mass is 16.5. The lowest BCUT2D eigenvalue weighted by Gasteiger charge is -2.23. The van der Waals surface area contributed by atoms with Crippen LogP contribution in [-0.2, 0) is 0 Å². The molecule has 0 unspecified atom stereocenters. The van der Waals surface area contributed by atoms with E-state index in [1.54, 1.807) is 0 Å². The molecule has 1 aliphatic heterocycles. The lowest BCUT2D eigenvalue weighted by atomic mass is 9.87. The monoisotopic (exact) mass is 585 g/mol. The molecule has 0 radical (unpaired) electrons. The summed E-state index contributed by atoms with van der Waals surface area (Å²) < 4.78 is 8.81. The van der Waals surface area contributed by atoms with E-state index < -0.39 is 0 Å². The maximum absolute atomic E-state index is 6.41. The second-order valence-corrected chi connectivity index (χ2v) is 12.1. The molecule has 2 heterocycles. The molecule has 8 aromatic carbocycles. The Morgan fingerprint density at radius 2 is 1.07 bits per heavy atom. The van der Waals surface area contributed by atoms with Crippen LogP contribution in [0.3, 0.4) is 0 Å². The maximum atomic E-state index is 6.41. The zero-order chi connectivity index (χ0) is 30.2. The number of rotatable bonds is 3. The number of aromatic nitrogens is 1. The average Bonchev–Trinajstić information content (AvgIpc) is 3.43. The molecular formula is C44H27NO. The molecule has 1 aliphatic rings. The first-order chi connectivity index (χ1) is 22.8. The second-order valence-electron chi connectivity index (χ2n) is 12.1. The van der Waals surface area contributed by atoms with Crippen molar-refractivity contribution in [3.05, 3.63) is 164 Å². The molecule has 0 saturated heterocycles. The molecule has 0 N–H and O–H groups in total. The Balaban J connectivity index is 1.22. The molecule has 1 aromatic heterocycles. The van der Waals surface area contributed by atoms with E-state index in [-0.39, 0.29) is 0 Å². The summed E-state index contributed by atoms with van der Waals surface area (Å²) in [5, 5.41) is 7.37. The van der Waals surface area contributed by atoms with Gasteiger partial charge in [0, 0.05) is 27.4 Å². The van der Waals surface area contributed by atoms with Gasteiger partial charge in [-0.2, -0.15) is 0 Å². The highest BCUT2D eigenvalue weighted by Gasteiger charge is 2.22. The van der Waals surface area contributed by atoms with Gasteiger partial charge in [0.25, 0.3) is 0 Å². The number of hydrogen-bond donors (Lipinski definition) is 0. The lowest BCUT2D eigenvalue weighted by molar-refractivity contribution is 0.487. The minimum Gasteiger partial charge on any atom is -0.456 e. The standard InChI is InChI=1S/C44H27NO/c1-2-13-31(14-3-1)45-40-23-21-30(26-38(40)39-25-28-11-4-5-12-29(28)27-41(39)45)32-15-6-7-16-33(32)34-22-24-43-44-36(34)18-10-19-37(44)35-17-8-9-20-42(35)46-43/h1-27H. The van der Waals surface area contributed by atoms with Crippen molar-refractivity contribution in [1.82, 2.24) is 4.57 Å². The summed E-state index contributed by atoms with van der Waals surface area (Å²) in [6.07, 6.45) is 0. The largest absolute Gasteiger partial charge is 0.456 e. The van der Waals surface area contributed by atoms with Crippen molar-refractivity contribution < 1.29 is 4.74 Å². The van der Waals surface area contributed by atoms with Crippen LogP contribution in [0.1, 0.15) is 0 Å². The predicted molar refractivity (Wildman–Crippen MR) is 192 cm³/mol. The van der Waals surface area contributed by atoms with Gasteiger partial charge in [0.15, 0.2) is 0 Å². The highest BCUT2D eigenvalue weighted by molar-refractivity contribution is 6.15. The molecular weight excluding hydrogens is 558 g/mol. The van der Waals surface area contributed by atoms with E-state index in [4.69, 9.17) is 4.74 Å². The topological polar surface area (TPSA) is 14.2 Å². The molecule has 0 bridgehead atoms. The molecule has 214 valence electrons. The van der Waals surface area contributed by atoms with E-state index in [2.05, 4.69) is 156 Å². The molecule has 0 fully saturated rings. The fourth-order valence-corrected chi connectivity index (χ4v) is 7.51. The first-order valence-electron chi connectivity index (χ1n) is 15.8. The van der Waals surface area contributed by atoms with Gasteiger partial charge in [-0.15, -0.1) is 0 Å². The predicted octanol–water partition coefficient (Wildman–Crippen LogP) is 12.2. The summed E-state index contributed by atoms with van der Waals surface area (Å²) in [6.45, 7) is 0. The van der Waals surface area contributed by atoms with Gasteiger partial charge in [-0.3, -0.25) is 0 Å². The van der Waals surface area contributed by atoms with Crippen LogP contribution in [-0.4, -0.2) is 4.57 Å². The third-order valence-corrected chi connectivity index (χ3v) is 9.57. The number of nitrogens with zero attached hydrogens (tertiary/aromatic N) is 1. The molecule has 2 nitrogen and oxygen atoms in total. The van der Waals surface area contributed by atoms with E-state index in [0.717, 1.165) is 17.1 Å². The van der Waals surface area contributed by atoms with E-state index in [1.807, 2.05) is 12.1 Å². The summed E-state index contributed by atoms with van der Waals surface area (Å²) in [5.41, 5.74) is 10.8. The van der Waals surface area contributed by atoms with Crippen LogP contribution in [0.4, 0.5) is 0 Å². The van der Waals surface area contributed by atoms with Crippen molar-refractivity contribution in [3.63, 3.8) is 0 Å². The summed E-state index contributed by atoms with van der Waals surface area (Å²) >= 11 is 0. The van der Waals surface area contributed by atoms with Gasteiger partial charge < -0.3 is 9.30 Å². The molecule has 46 heavy (non-hydrogen) atoms. The van der Waals surface area contributed by atoms with Crippen LogP contribution >= 0.6 is 0 Å². The van der Waals surface area contributed by atoms with E-state index in [9.17, 15) is 0 Å². The number of hydrogen-bond acceptors (Lipinski definition) is 1. The Kier molecular flexibility index (Phi) is 5.31. The van der Waals surface area contributed by atoms with E-state index >= 15 is 0 Å². The molecule has 0 atom stereocenters. The first kappa shape index (κ1) is 25.2. The molecule has 0 saturated carbocycles. The normalized spacial score (nSPS) is 12.1. The molecule has 0 spiro atoms. The summed E-state index contributed by atoms with van der Waals surface area (Å²) in [7, 11) is 0. The van der Waals surface area contributed by atoms with Crippen molar-refractivity contribution >= 4 is 43.4 Å². The van der Waals surface area contributed by atoms with Gasteiger partial charge in [-0.05, 0) is 92.5 Å². The van der Waals surface area contributed by atoms with Gasteiger partial charge in [0.1, 0.15) is 11.5 Å². The Labute approximate surface area is 266 Å². The average molecular weight is 586 g/mol. The van der Waals surface area contributed by atoms with Crippen molar-refractivity contribution in [1.29, 1.82) is 0 Å². The van der Waals surface area contributed by atoms with E-state index in [0.29, 0.717) is 0 Å². The number of fused-ring (bicyclic) bond motifs is 6. The SMILES string of the molecule is c1ccc(-n2c3ccc(-c4ccccc4-c4ccc5c6c(cccc46)-c4ccccc4O5)cc3c3cc4ccccc4cc32)cc1. The smallest absolute Gasteiger partial charge is 0.135 e. The Bertz CT molecular complexity index is 2660. The third-order valence-electron chi connectivity index (χ3n) is 9.57. The summed E-state index contributed by atoms with van der Waals surface area (Å²) in [5.74, 6) is 1.82. The van der Waals surface area contributed by atoms with Crippen LogP contribution in [0, 0.1) is 0 Å². The Morgan fingerprint density at radius 1 is 0.370 bits per heavy atom. The molecule has 9 aromatic rings. The number of ether oxygens (including phenoxy) is 1. The first-order valence-corrected chi connectivity index (χ1v) is 15.8. The Hall–Kier alpha value is -6.12. The van der Waals surface area contributed by atoms with Crippen molar-refractivity contribution in [3.8, 4) is 50.6 Å².